The number of benzene rings is 1. The molecule has 0 aliphatic heterocycles. The lowest BCUT2D eigenvalue weighted by Gasteiger charge is -2.43. The van der Waals surface area contributed by atoms with Crippen LogP contribution in [0.5, 0.6) is 0 Å². The third-order valence-electron chi connectivity index (χ3n) is 4.10. The summed E-state index contributed by atoms with van der Waals surface area (Å²) in [6.07, 6.45) is 5.12. The molecular formula is C15H22ClFN2O. The molecular weight excluding hydrogens is 279 g/mol. The van der Waals surface area contributed by atoms with E-state index < -0.39 is 5.60 Å². The molecule has 0 bridgehead atoms. The Morgan fingerprint density at radius 3 is 2.65 bits per heavy atom. The molecule has 1 atom stereocenters. The Labute approximate surface area is 124 Å². The lowest BCUT2D eigenvalue weighted by atomic mass is 9.76. The first kappa shape index (κ1) is 15.7. The quantitative estimate of drug-likeness (QED) is 0.643. The van der Waals surface area contributed by atoms with Crippen molar-refractivity contribution in [2.24, 2.45) is 5.84 Å². The summed E-state index contributed by atoms with van der Waals surface area (Å²) in [6.45, 7) is 2.55. The van der Waals surface area contributed by atoms with E-state index >= 15 is 0 Å². The van der Waals surface area contributed by atoms with Crippen LogP contribution in [0.3, 0.4) is 0 Å². The Kier molecular flexibility index (Phi) is 5.38. The minimum Gasteiger partial charge on any atom is -0.373 e. The summed E-state index contributed by atoms with van der Waals surface area (Å²) < 4.78 is 20.2. The Bertz CT molecular complexity index is 444. The van der Waals surface area contributed by atoms with E-state index in [1.165, 1.54) is 12.5 Å². The first-order valence-corrected chi connectivity index (χ1v) is 7.56. The van der Waals surface area contributed by atoms with Crippen LogP contribution in [0.2, 0.25) is 5.02 Å². The maximum absolute atomic E-state index is 14.2. The average molecular weight is 301 g/mol. The van der Waals surface area contributed by atoms with Crippen molar-refractivity contribution >= 4 is 11.6 Å². The van der Waals surface area contributed by atoms with Gasteiger partial charge in [0.25, 0.3) is 0 Å². The number of hydrogen-bond donors (Lipinski definition) is 2. The molecule has 2 rings (SSSR count). The lowest BCUT2D eigenvalue weighted by Crippen LogP contribution is -2.50. The fourth-order valence-electron chi connectivity index (χ4n) is 3.21. The largest absolute Gasteiger partial charge is 0.373 e. The van der Waals surface area contributed by atoms with E-state index in [-0.39, 0.29) is 11.9 Å². The van der Waals surface area contributed by atoms with Gasteiger partial charge in [-0.15, -0.1) is 0 Å². The third-order valence-corrected chi connectivity index (χ3v) is 4.33. The molecule has 3 N–H and O–H groups in total. The fourth-order valence-corrected chi connectivity index (χ4v) is 3.37. The minimum atomic E-state index is -0.434. The topological polar surface area (TPSA) is 47.3 Å². The summed E-state index contributed by atoms with van der Waals surface area (Å²) in [5, 5.41) is 0.385. The molecule has 1 aliphatic rings. The maximum Gasteiger partial charge on any atom is 0.129 e. The summed E-state index contributed by atoms with van der Waals surface area (Å²) in [5.74, 6) is 5.39. The van der Waals surface area contributed by atoms with E-state index in [0.29, 0.717) is 17.2 Å². The van der Waals surface area contributed by atoms with Crippen molar-refractivity contribution in [2.45, 2.75) is 50.7 Å². The van der Waals surface area contributed by atoms with Gasteiger partial charge in [0, 0.05) is 17.2 Å². The molecule has 3 nitrogen and oxygen atoms in total. The third kappa shape index (κ3) is 3.14. The van der Waals surface area contributed by atoms with Crippen molar-refractivity contribution in [3.63, 3.8) is 0 Å². The minimum absolute atomic E-state index is 0.342. The van der Waals surface area contributed by atoms with Crippen LogP contribution in [0.1, 0.15) is 50.6 Å². The molecule has 1 aromatic carbocycles. The van der Waals surface area contributed by atoms with Gasteiger partial charge in [0.05, 0.1) is 11.6 Å². The second kappa shape index (κ2) is 6.85. The second-order valence-corrected chi connectivity index (χ2v) is 5.76. The molecule has 20 heavy (non-hydrogen) atoms. The van der Waals surface area contributed by atoms with Gasteiger partial charge in [-0.05, 0) is 31.9 Å². The summed E-state index contributed by atoms with van der Waals surface area (Å²) in [5.41, 5.74) is 2.85. The Balaban J connectivity index is 2.37. The highest BCUT2D eigenvalue weighted by Crippen LogP contribution is 2.42. The lowest BCUT2D eigenvalue weighted by molar-refractivity contribution is -0.0920. The molecule has 0 amide bonds. The smallest absolute Gasteiger partial charge is 0.129 e. The van der Waals surface area contributed by atoms with Crippen molar-refractivity contribution in [1.29, 1.82) is 0 Å². The van der Waals surface area contributed by atoms with Gasteiger partial charge in [0.2, 0.25) is 0 Å². The van der Waals surface area contributed by atoms with Gasteiger partial charge >= 0.3 is 0 Å². The van der Waals surface area contributed by atoms with Crippen LogP contribution in [0, 0.1) is 5.82 Å². The van der Waals surface area contributed by atoms with Gasteiger partial charge < -0.3 is 4.74 Å². The molecule has 0 radical (unpaired) electrons. The number of nitrogens with two attached hydrogens (primary N) is 1. The van der Waals surface area contributed by atoms with Crippen LogP contribution in [0.25, 0.3) is 0 Å². The number of hydrazine groups is 1. The summed E-state index contributed by atoms with van der Waals surface area (Å²) in [7, 11) is 0. The van der Waals surface area contributed by atoms with Gasteiger partial charge in [-0.3, -0.25) is 5.84 Å². The van der Waals surface area contributed by atoms with E-state index in [0.717, 1.165) is 25.7 Å². The highest BCUT2D eigenvalue weighted by atomic mass is 35.5. The molecule has 0 spiro atoms. The first-order valence-electron chi connectivity index (χ1n) is 7.18. The molecule has 1 aliphatic carbocycles. The van der Waals surface area contributed by atoms with Gasteiger partial charge in [-0.1, -0.05) is 36.9 Å². The van der Waals surface area contributed by atoms with E-state index in [4.69, 9.17) is 22.2 Å². The SMILES string of the molecule is CCOC1(C(NN)c2ccc(Cl)cc2F)CCCCC1. The zero-order valence-electron chi connectivity index (χ0n) is 11.8. The molecule has 1 aromatic rings. The number of halogens is 2. The van der Waals surface area contributed by atoms with Crippen molar-refractivity contribution in [2.75, 3.05) is 6.61 Å². The standard InChI is InChI=1S/C15H22ClFN2O/c1-2-20-15(8-4-3-5-9-15)14(19-18)12-7-6-11(16)10-13(12)17/h6-7,10,14,19H,2-5,8-9,18H2,1H3. The van der Waals surface area contributed by atoms with E-state index in [2.05, 4.69) is 5.43 Å². The summed E-state index contributed by atoms with van der Waals surface area (Å²) in [6, 6.07) is 4.34. The van der Waals surface area contributed by atoms with Crippen molar-refractivity contribution in [1.82, 2.24) is 5.43 Å². The molecule has 0 saturated heterocycles. The van der Waals surface area contributed by atoms with Crippen molar-refractivity contribution < 1.29 is 9.13 Å². The van der Waals surface area contributed by atoms with Crippen LogP contribution < -0.4 is 11.3 Å². The van der Waals surface area contributed by atoms with Crippen LogP contribution in [0.4, 0.5) is 4.39 Å². The van der Waals surface area contributed by atoms with Gasteiger partial charge in [-0.2, -0.15) is 0 Å². The van der Waals surface area contributed by atoms with Crippen LogP contribution in [-0.4, -0.2) is 12.2 Å². The molecule has 1 unspecified atom stereocenters. The van der Waals surface area contributed by atoms with Gasteiger partial charge in [-0.25, -0.2) is 9.82 Å². The predicted molar refractivity (Wildman–Crippen MR) is 78.9 cm³/mol. The second-order valence-electron chi connectivity index (χ2n) is 5.32. The average Bonchev–Trinajstić information content (AvgIpc) is 2.43. The Morgan fingerprint density at radius 1 is 1.40 bits per heavy atom. The normalized spacial score (nSPS) is 19.8. The van der Waals surface area contributed by atoms with Gasteiger partial charge in [0.1, 0.15) is 5.82 Å². The highest BCUT2D eigenvalue weighted by molar-refractivity contribution is 6.30. The van der Waals surface area contributed by atoms with Crippen molar-refractivity contribution in [3.05, 3.63) is 34.6 Å². The van der Waals surface area contributed by atoms with E-state index in [9.17, 15) is 4.39 Å². The van der Waals surface area contributed by atoms with E-state index in [1.807, 2.05) is 6.92 Å². The first-order chi connectivity index (χ1) is 9.63. The van der Waals surface area contributed by atoms with Crippen LogP contribution in [-0.2, 0) is 4.74 Å². The van der Waals surface area contributed by atoms with Crippen LogP contribution >= 0.6 is 11.6 Å². The van der Waals surface area contributed by atoms with Crippen LogP contribution in [0.15, 0.2) is 18.2 Å². The molecule has 5 heteroatoms. The number of nitrogens with one attached hydrogen (secondary N) is 1. The van der Waals surface area contributed by atoms with E-state index in [1.54, 1.807) is 12.1 Å². The van der Waals surface area contributed by atoms with Gasteiger partial charge in [0.15, 0.2) is 0 Å². The number of ether oxygens (including phenoxy) is 1. The monoisotopic (exact) mass is 300 g/mol. The molecule has 0 heterocycles. The maximum atomic E-state index is 14.2. The van der Waals surface area contributed by atoms with Crippen molar-refractivity contribution in [3.8, 4) is 0 Å². The molecule has 1 saturated carbocycles. The molecule has 1 fully saturated rings. The number of hydrogen-bond acceptors (Lipinski definition) is 3. The fraction of sp³-hybridized carbons (Fsp3) is 0.600. The Morgan fingerprint density at radius 2 is 2.10 bits per heavy atom. The molecule has 112 valence electrons. The Hall–Kier alpha value is -0.680. The summed E-state index contributed by atoms with van der Waals surface area (Å²) >= 11 is 5.82. The molecule has 0 aromatic heterocycles. The summed E-state index contributed by atoms with van der Waals surface area (Å²) in [4.78, 5) is 0. The predicted octanol–water partition coefficient (Wildman–Crippen LogP) is 3.72. The zero-order valence-corrected chi connectivity index (χ0v) is 12.5. The highest BCUT2D eigenvalue weighted by Gasteiger charge is 2.42. The number of rotatable bonds is 5. The zero-order chi connectivity index (χ0) is 14.6.